The second-order valence-electron chi connectivity index (χ2n) is 4.85. The fourth-order valence-electron chi connectivity index (χ4n) is 1.55. The van der Waals surface area contributed by atoms with Gasteiger partial charge < -0.3 is 15.2 Å². The van der Waals surface area contributed by atoms with Gasteiger partial charge in [0, 0.05) is 6.54 Å². The van der Waals surface area contributed by atoms with Gasteiger partial charge in [0.2, 0.25) is 0 Å². The summed E-state index contributed by atoms with van der Waals surface area (Å²) in [5, 5.41) is 13.2. The summed E-state index contributed by atoms with van der Waals surface area (Å²) in [6.07, 6.45) is 1.00. The highest BCUT2D eigenvalue weighted by atomic mass is 19.1. The van der Waals surface area contributed by atoms with Crippen molar-refractivity contribution in [3.63, 3.8) is 0 Å². The number of aryl methyl sites for hydroxylation is 1. The van der Waals surface area contributed by atoms with E-state index in [1.807, 2.05) is 0 Å². The molecule has 0 saturated carbocycles. The van der Waals surface area contributed by atoms with Gasteiger partial charge in [-0.05, 0) is 38.4 Å². The van der Waals surface area contributed by atoms with Crippen molar-refractivity contribution in [3.8, 4) is 5.75 Å². The molecular weight excluding hydrogens is 233 g/mol. The van der Waals surface area contributed by atoms with Crippen molar-refractivity contribution in [1.29, 1.82) is 0 Å². The number of benzene rings is 1. The summed E-state index contributed by atoms with van der Waals surface area (Å²) >= 11 is 0. The van der Waals surface area contributed by atoms with Crippen molar-refractivity contribution in [2.75, 3.05) is 19.7 Å². The molecular formula is C14H22FNO2. The SMILES string of the molecule is CCCNCC(C)(O)COc1cccc(C)c1F. The first-order valence-electron chi connectivity index (χ1n) is 6.27. The van der Waals surface area contributed by atoms with Gasteiger partial charge in [0.05, 0.1) is 0 Å². The smallest absolute Gasteiger partial charge is 0.167 e. The summed E-state index contributed by atoms with van der Waals surface area (Å²) in [5.41, 5.74) is -0.470. The number of halogens is 1. The summed E-state index contributed by atoms with van der Waals surface area (Å²) in [6, 6.07) is 4.98. The first-order valence-corrected chi connectivity index (χ1v) is 6.27. The zero-order valence-corrected chi connectivity index (χ0v) is 11.3. The Kier molecular flexibility index (Phi) is 5.56. The molecule has 18 heavy (non-hydrogen) atoms. The van der Waals surface area contributed by atoms with Crippen LogP contribution in [-0.2, 0) is 0 Å². The molecule has 0 amide bonds. The molecule has 1 atom stereocenters. The molecule has 1 aromatic rings. The van der Waals surface area contributed by atoms with Crippen molar-refractivity contribution in [1.82, 2.24) is 5.32 Å². The van der Waals surface area contributed by atoms with E-state index >= 15 is 0 Å². The highest BCUT2D eigenvalue weighted by molar-refractivity contribution is 5.30. The summed E-state index contributed by atoms with van der Waals surface area (Å²) in [7, 11) is 0. The molecule has 2 N–H and O–H groups in total. The lowest BCUT2D eigenvalue weighted by Gasteiger charge is -2.24. The standard InChI is InChI=1S/C14H22FNO2/c1-4-8-16-9-14(3,17)10-18-12-7-5-6-11(2)13(12)15/h5-7,16-17H,4,8-10H2,1-3H3. The summed E-state index contributed by atoms with van der Waals surface area (Å²) in [5.74, 6) is -0.180. The average molecular weight is 255 g/mol. The summed E-state index contributed by atoms with van der Waals surface area (Å²) < 4.78 is 19.0. The van der Waals surface area contributed by atoms with Gasteiger partial charge in [0.25, 0.3) is 0 Å². The van der Waals surface area contributed by atoms with Crippen LogP contribution < -0.4 is 10.1 Å². The highest BCUT2D eigenvalue weighted by Crippen LogP contribution is 2.20. The lowest BCUT2D eigenvalue weighted by atomic mass is 10.1. The van der Waals surface area contributed by atoms with Crippen molar-refractivity contribution in [2.45, 2.75) is 32.8 Å². The Hall–Kier alpha value is -1.13. The second kappa shape index (κ2) is 6.71. The molecule has 102 valence electrons. The van der Waals surface area contributed by atoms with Gasteiger partial charge in [-0.3, -0.25) is 0 Å². The number of aliphatic hydroxyl groups is 1. The molecule has 0 fully saturated rings. The maximum atomic E-state index is 13.7. The number of ether oxygens (including phenoxy) is 1. The van der Waals surface area contributed by atoms with Crippen molar-refractivity contribution in [2.24, 2.45) is 0 Å². The fraction of sp³-hybridized carbons (Fsp3) is 0.571. The van der Waals surface area contributed by atoms with Crippen LogP contribution in [0.3, 0.4) is 0 Å². The van der Waals surface area contributed by atoms with Gasteiger partial charge in [-0.1, -0.05) is 19.1 Å². The van der Waals surface area contributed by atoms with Gasteiger partial charge in [0.1, 0.15) is 12.2 Å². The third-order valence-corrected chi connectivity index (χ3v) is 2.63. The van der Waals surface area contributed by atoms with E-state index < -0.39 is 5.60 Å². The van der Waals surface area contributed by atoms with Gasteiger partial charge in [0.15, 0.2) is 11.6 Å². The van der Waals surface area contributed by atoms with Crippen LogP contribution in [0.2, 0.25) is 0 Å². The highest BCUT2D eigenvalue weighted by Gasteiger charge is 2.21. The van der Waals surface area contributed by atoms with Crippen LogP contribution in [-0.4, -0.2) is 30.4 Å². The summed E-state index contributed by atoms with van der Waals surface area (Å²) in [6.45, 7) is 6.74. The Bertz CT molecular complexity index is 380. The van der Waals surface area contributed by atoms with E-state index in [4.69, 9.17) is 4.74 Å². The lowest BCUT2D eigenvalue weighted by molar-refractivity contribution is 0.0113. The third kappa shape index (κ3) is 4.63. The van der Waals surface area contributed by atoms with Crippen LogP contribution in [0.4, 0.5) is 4.39 Å². The van der Waals surface area contributed by atoms with Crippen LogP contribution in [0.25, 0.3) is 0 Å². The third-order valence-electron chi connectivity index (χ3n) is 2.63. The minimum Gasteiger partial charge on any atom is -0.487 e. The molecule has 0 spiro atoms. The topological polar surface area (TPSA) is 41.5 Å². The molecule has 1 aromatic carbocycles. The first kappa shape index (κ1) is 14.9. The van der Waals surface area contributed by atoms with E-state index in [1.165, 1.54) is 0 Å². The summed E-state index contributed by atoms with van der Waals surface area (Å²) in [4.78, 5) is 0. The molecule has 0 aliphatic heterocycles. The predicted octanol–water partition coefficient (Wildman–Crippen LogP) is 2.26. The zero-order chi connectivity index (χ0) is 13.6. The molecule has 0 saturated heterocycles. The van der Waals surface area contributed by atoms with Crippen LogP contribution in [0.15, 0.2) is 18.2 Å². The Morgan fingerprint density at radius 2 is 2.17 bits per heavy atom. The fourth-order valence-corrected chi connectivity index (χ4v) is 1.55. The maximum absolute atomic E-state index is 13.7. The van der Waals surface area contributed by atoms with Gasteiger partial charge >= 0.3 is 0 Å². The molecule has 0 aromatic heterocycles. The Balaban J connectivity index is 2.50. The van der Waals surface area contributed by atoms with Crippen molar-refractivity contribution >= 4 is 0 Å². The maximum Gasteiger partial charge on any atom is 0.167 e. The number of hydrogen-bond acceptors (Lipinski definition) is 3. The van der Waals surface area contributed by atoms with E-state index in [-0.39, 0.29) is 18.2 Å². The van der Waals surface area contributed by atoms with Gasteiger partial charge in [-0.2, -0.15) is 0 Å². The number of hydrogen-bond donors (Lipinski definition) is 2. The van der Waals surface area contributed by atoms with Crippen LogP contribution in [0.1, 0.15) is 25.8 Å². The minimum atomic E-state index is -1.01. The quantitative estimate of drug-likeness (QED) is 0.734. The Morgan fingerprint density at radius 3 is 2.83 bits per heavy atom. The van der Waals surface area contributed by atoms with Crippen LogP contribution in [0, 0.1) is 12.7 Å². The zero-order valence-electron chi connectivity index (χ0n) is 11.3. The van der Waals surface area contributed by atoms with Crippen molar-refractivity contribution < 1.29 is 14.2 Å². The molecule has 0 heterocycles. The van der Waals surface area contributed by atoms with E-state index in [1.54, 1.807) is 32.0 Å². The molecule has 0 radical (unpaired) electrons. The van der Waals surface area contributed by atoms with E-state index in [9.17, 15) is 9.50 Å². The van der Waals surface area contributed by atoms with Crippen molar-refractivity contribution in [3.05, 3.63) is 29.6 Å². The van der Waals surface area contributed by atoms with Crippen LogP contribution in [0.5, 0.6) is 5.75 Å². The Morgan fingerprint density at radius 1 is 1.44 bits per heavy atom. The first-order chi connectivity index (χ1) is 8.46. The molecule has 4 heteroatoms. The van der Waals surface area contributed by atoms with E-state index in [2.05, 4.69) is 12.2 Å². The minimum absolute atomic E-state index is 0.0596. The van der Waals surface area contributed by atoms with Gasteiger partial charge in [-0.25, -0.2) is 4.39 Å². The average Bonchev–Trinajstić information content (AvgIpc) is 2.31. The molecule has 0 aliphatic rings. The van der Waals surface area contributed by atoms with Gasteiger partial charge in [-0.15, -0.1) is 0 Å². The largest absolute Gasteiger partial charge is 0.487 e. The number of rotatable bonds is 7. The molecule has 1 rings (SSSR count). The molecule has 1 unspecified atom stereocenters. The monoisotopic (exact) mass is 255 g/mol. The Labute approximate surface area is 108 Å². The number of nitrogens with one attached hydrogen (secondary N) is 1. The molecule has 0 aliphatic carbocycles. The van der Waals surface area contributed by atoms with E-state index in [0.29, 0.717) is 12.1 Å². The van der Waals surface area contributed by atoms with Crippen LogP contribution >= 0.6 is 0 Å². The lowest BCUT2D eigenvalue weighted by Crippen LogP contribution is -2.43. The molecule has 0 bridgehead atoms. The predicted molar refractivity (Wildman–Crippen MR) is 70.4 cm³/mol. The second-order valence-corrected chi connectivity index (χ2v) is 4.85. The normalized spacial score (nSPS) is 14.3. The molecule has 3 nitrogen and oxygen atoms in total. The van der Waals surface area contributed by atoms with E-state index in [0.717, 1.165) is 13.0 Å².